The molecule has 128 valence electrons. The maximum absolute atomic E-state index is 10.1. The molecule has 0 unspecified atom stereocenters. The third-order valence-corrected chi connectivity index (χ3v) is 4.27. The van der Waals surface area contributed by atoms with Crippen LogP contribution in [0.15, 0.2) is 60.7 Å². The lowest BCUT2D eigenvalue weighted by Crippen LogP contribution is -2.48. The van der Waals surface area contributed by atoms with E-state index in [2.05, 4.69) is 0 Å². The van der Waals surface area contributed by atoms with Gasteiger partial charge in [0.25, 0.3) is 0 Å². The van der Waals surface area contributed by atoms with Crippen LogP contribution in [0, 0.1) is 0 Å². The van der Waals surface area contributed by atoms with Gasteiger partial charge in [-0.05, 0) is 18.1 Å². The Morgan fingerprint density at radius 3 is 1.92 bits per heavy atom. The molecule has 1 fully saturated rings. The molecule has 0 radical (unpaired) electrons. The zero-order valence-corrected chi connectivity index (χ0v) is 13.9. The summed E-state index contributed by atoms with van der Waals surface area (Å²) in [6, 6.07) is 20.0. The number of benzene rings is 2. The molecule has 2 aromatic rings. The molecule has 1 saturated heterocycles. The smallest absolute Gasteiger partial charge is 0.181 e. The Morgan fingerprint density at radius 2 is 1.38 bits per heavy atom. The van der Waals surface area contributed by atoms with Crippen LogP contribution in [-0.4, -0.2) is 29.7 Å². The largest absolute Gasteiger partial charge is 0.371 e. The fourth-order valence-electron chi connectivity index (χ4n) is 2.84. The molecule has 0 bridgehead atoms. The summed E-state index contributed by atoms with van der Waals surface area (Å²) in [5, 5.41) is 10.1. The molecule has 2 aromatic carbocycles. The first-order valence-electron chi connectivity index (χ1n) is 8.37. The minimum Gasteiger partial charge on any atom is -0.371 e. The second kappa shape index (κ2) is 8.40. The number of aliphatic hydroxyl groups is 1. The van der Waals surface area contributed by atoms with Crippen molar-refractivity contribution in [2.45, 2.75) is 51.2 Å². The second-order valence-corrected chi connectivity index (χ2v) is 6.14. The molecular formula is C20H24O4. The van der Waals surface area contributed by atoms with Gasteiger partial charge in [0.15, 0.2) is 6.29 Å². The molecule has 24 heavy (non-hydrogen) atoms. The maximum Gasteiger partial charge on any atom is 0.181 e. The van der Waals surface area contributed by atoms with Crippen LogP contribution in [0.25, 0.3) is 0 Å². The fourth-order valence-corrected chi connectivity index (χ4v) is 2.84. The van der Waals surface area contributed by atoms with E-state index in [1.54, 1.807) is 0 Å². The molecule has 3 rings (SSSR count). The SMILES string of the molecule is C[C@@H]1O[C@@H](O)[C@@H](OCc2ccccc2)C[C@@H]1OCc1ccccc1. The van der Waals surface area contributed by atoms with E-state index in [1.807, 2.05) is 67.6 Å². The van der Waals surface area contributed by atoms with Crippen molar-refractivity contribution in [1.82, 2.24) is 0 Å². The molecule has 1 aliphatic heterocycles. The zero-order chi connectivity index (χ0) is 16.8. The van der Waals surface area contributed by atoms with Crippen molar-refractivity contribution in [3.05, 3.63) is 71.8 Å². The molecule has 0 amide bonds. The topological polar surface area (TPSA) is 47.9 Å². The van der Waals surface area contributed by atoms with E-state index in [-0.39, 0.29) is 18.3 Å². The first kappa shape index (κ1) is 17.1. The molecule has 0 aromatic heterocycles. The summed E-state index contributed by atoms with van der Waals surface area (Å²) >= 11 is 0. The average Bonchev–Trinajstić information content (AvgIpc) is 2.62. The van der Waals surface area contributed by atoms with Gasteiger partial charge in [0.2, 0.25) is 0 Å². The van der Waals surface area contributed by atoms with Crippen LogP contribution in [0.3, 0.4) is 0 Å². The molecule has 0 saturated carbocycles. The quantitative estimate of drug-likeness (QED) is 0.884. The minimum atomic E-state index is -0.916. The van der Waals surface area contributed by atoms with Crippen LogP contribution >= 0.6 is 0 Å². The van der Waals surface area contributed by atoms with Crippen molar-refractivity contribution in [3.63, 3.8) is 0 Å². The van der Waals surface area contributed by atoms with Gasteiger partial charge in [-0.2, -0.15) is 0 Å². The van der Waals surface area contributed by atoms with Crippen LogP contribution in [0.4, 0.5) is 0 Å². The lowest BCUT2D eigenvalue weighted by atomic mass is 10.0. The van der Waals surface area contributed by atoms with E-state index in [9.17, 15) is 5.11 Å². The van der Waals surface area contributed by atoms with Gasteiger partial charge in [-0.3, -0.25) is 0 Å². The third-order valence-electron chi connectivity index (χ3n) is 4.27. The molecule has 4 nitrogen and oxygen atoms in total. The Labute approximate surface area is 143 Å². The molecule has 1 aliphatic rings. The third kappa shape index (κ3) is 4.65. The van der Waals surface area contributed by atoms with Crippen molar-refractivity contribution in [1.29, 1.82) is 0 Å². The van der Waals surface area contributed by atoms with Crippen LogP contribution in [0.1, 0.15) is 24.5 Å². The van der Waals surface area contributed by atoms with Crippen molar-refractivity contribution < 1.29 is 19.3 Å². The van der Waals surface area contributed by atoms with Crippen LogP contribution < -0.4 is 0 Å². The highest BCUT2D eigenvalue weighted by atomic mass is 16.7. The Kier molecular flexibility index (Phi) is 5.99. The summed E-state index contributed by atoms with van der Waals surface area (Å²) in [7, 11) is 0. The fraction of sp³-hybridized carbons (Fsp3) is 0.400. The highest BCUT2D eigenvalue weighted by Gasteiger charge is 2.36. The van der Waals surface area contributed by atoms with Crippen molar-refractivity contribution in [3.8, 4) is 0 Å². The highest BCUT2D eigenvalue weighted by molar-refractivity contribution is 5.14. The summed E-state index contributed by atoms with van der Waals surface area (Å²) in [4.78, 5) is 0. The summed E-state index contributed by atoms with van der Waals surface area (Å²) < 4.78 is 17.4. The number of aliphatic hydroxyl groups excluding tert-OH is 1. The number of hydrogen-bond donors (Lipinski definition) is 1. The molecular weight excluding hydrogens is 304 g/mol. The second-order valence-electron chi connectivity index (χ2n) is 6.14. The van der Waals surface area contributed by atoms with Gasteiger partial charge in [0.05, 0.1) is 25.4 Å². The average molecular weight is 328 g/mol. The molecule has 0 spiro atoms. The van der Waals surface area contributed by atoms with E-state index >= 15 is 0 Å². The van der Waals surface area contributed by atoms with E-state index in [0.717, 1.165) is 11.1 Å². The highest BCUT2D eigenvalue weighted by Crippen LogP contribution is 2.25. The predicted octanol–water partition coefficient (Wildman–Crippen LogP) is 3.28. The zero-order valence-electron chi connectivity index (χ0n) is 13.9. The molecule has 1 N–H and O–H groups in total. The van der Waals surface area contributed by atoms with Crippen molar-refractivity contribution in [2.75, 3.05) is 0 Å². The van der Waals surface area contributed by atoms with Crippen molar-refractivity contribution >= 4 is 0 Å². The van der Waals surface area contributed by atoms with Gasteiger partial charge in [-0.1, -0.05) is 60.7 Å². The molecule has 4 heteroatoms. The Morgan fingerprint density at radius 1 is 0.875 bits per heavy atom. The van der Waals surface area contributed by atoms with Crippen LogP contribution in [0.2, 0.25) is 0 Å². The minimum absolute atomic E-state index is 0.102. The number of ether oxygens (including phenoxy) is 3. The van der Waals surface area contributed by atoms with Crippen molar-refractivity contribution in [2.24, 2.45) is 0 Å². The van der Waals surface area contributed by atoms with Gasteiger partial charge in [0.1, 0.15) is 6.10 Å². The number of hydrogen-bond acceptors (Lipinski definition) is 4. The van der Waals surface area contributed by atoms with E-state index in [0.29, 0.717) is 19.6 Å². The first-order chi connectivity index (χ1) is 11.7. The monoisotopic (exact) mass is 328 g/mol. The van der Waals surface area contributed by atoms with Gasteiger partial charge in [-0.15, -0.1) is 0 Å². The summed E-state index contributed by atoms with van der Waals surface area (Å²) in [5.41, 5.74) is 2.20. The summed E-state index contributed by atoms with van der Waals surface area (Å²) in [5.74, 6) is 0. The molecule has 4 atom stereocenters. The molecule has 1 heterocycles. The normalized spacial score (nSPS) is 27.1. The van der Waals surface area contributed by atoms with Gasteiger partial charge >= 0.3 is 0 Å². The lowest BCUT2D eigenvalue weighted by molar-refractivity contribution is -0.262. The van der Waals surface area contributed by atoms with Gasteiger partial charge in [-0.25, -0.2) is 0 Å². The van der Waals surface area contributed by atoms with E-state index in [1.165, 1.54) is 0 Å². The first-order valence-corrected chi connectivity index (χ1v) is 8.37. The summed E-state index contributed by atoms with van der Waals surface area (Å²) in [6.07, 6.45) is -0.959. The van der Waals surface area contributed by atoms with E-state index < -0.39 is 6.29 Å². The Bertz CT molecular complexity index is 548. The number of rotatable bonds is 6. The summed E-state index contributed by atoms with van der Waals surface area (Å²) in [6.45, 7) is 2.90. The van der Waals surface area contributed by atoms with E-state index in [4.69, 9.17) is 14.2 Å². The lowest BCUT2D eigenvalue weighted by Gasteiger charge is -2.37. The molecule has 0 aliphatic carbocycles. The standard InChI is InChI=1S/C20H24O4/c1-15-18(22-13-16-8-4-2-5-9-16)12-19(20(21)24-15)23-14-17-10-6-3-7-11-17/h2-11,15,18-21H,12-14H2,1H3/t15-,18-,19-,20+/m0/s1. The van der Waals surface area contributed by atoms with Crippen LogP contribution in [-0.2, 0) is 27.4 Å². The predicted molar refractivity (Wildman–Crippen MR) is 91.2 cm³/mol. The Balaban J connectivity index is 1.53. The maximum atomic E-state index is 10.1. The Hall–Kier alpha value is -1.72. The van der Waals surface area contributed by atoms with Crippen LogP contribution in [0.5, 0.6) is 0 Å². The van der Waals surface area contributed by atoms with Gasteiger partial charge < -0.3 is 19.3 Å². The van der Waals surface area contributed by atoms with Gasteiger partial charge in [0, 0.05) is 6.42 Å².